The Bertz CT molecular complexity index is 819. The average molecular weight is 340 g/mol. The van der Waals surface area contributed by atoms with Crippen molar-refractivity contribution in [1.82, 2.24) is 0 Å². The molecule has 2 amide bonds. The number of benzene rings is 2. The molecule has 0 aromatic heterocycles. The van der Waals surface area contributed by atoms with E-state index in [1.54, 1.807) is 18.2 Å². The highest BCUT2D eigenvalue weighted by atomic mass is 16.5. The van der Waals surface area contributed by atoms with E-state index in [9.17, 15) is 9.59 Å². The van der Waals surface area contributed by atoms with Crippen LogP contribution in [0.25, 0.3) is 0 Å². The van der Waals surface area contributed by atoms with Crippen molar-refractivity contribution in [3.63, 3.8) is 0 Å². The number of hydrogen-bond donors (Lipinski definition) is 1. The Balaban J connectivity index is 1.84. The number of anilines is 2. The lowest BCUT2D eigenvalue weighted by molar-refractivity contribution is -0.134. The minimum Gasteiger partial charge on any atom is -0.497 e. The highest BCUT2D eigenvalue weighted by Crippen LogP contribution is 2.33. The van der Waals surface area contributed by atoms with Crippen molar-refractivity contribution in [2.24, 2.45) is 0 Å². The van der Waals surface area contributed by atoms with Gasteiger partial charge in [0.15, 0.2) is 0 Å². The van der Waals surface area contributed by atoms with Gasteiger partial charge in [-0.15, -0.1) is 0 Å². The minimum absolute atomic E-state index is 0.0668. The molecule has 25 heavy (non-hydrogen) atoms. The van der Waals surface area contributed by atoms with Gasteiger partial charge in [-0.05, 0) is 37.1 Å². The van der Waals surface area contributed by atoms with E-state index in [2.05, 4.69) is 5.32 Å². The third kappa shape index (κ3) is 3.15. The van der Waals surface area contributed by atoms with E-state index in [0.717, 1.165) is 17.7 Å². The molecule has 3 rings (SSSR count). The Morgan fingerprint density at radius 2 is 1.88 bits per heavy atom. The van der Waals surface area contributed by atoms with Crippen molar-refractivity contribution in [3.8, 4) is 11.5 Å². The molecule has 1 aliphatic rings. The van der Waals surface area contributed by atoms with Gasteiger partial charge in [-0.1, -0.05) is 18.2 Å². The van der Waals surface area contributed by atoms with Crippen LogP contribution in [-0.4, -0.2) is 32.1 Å². The van der Waals surface area contributed by atoms with Crippen LogP contribution in [0.3, 0.4) is 0 Å². The lowest BCUT2D eigenvalue weighted by Gasteiger charge is -2.22. The zero-order chi connectivity index (χ0) is 18.0. The number of para-hydroxylation sites is 1. The molecule has 1 N–H and O–H groups in total. The lowest BCUT2D eigenvalue weighted by atomic mass is 10.1. The number of carbonyl (C=O) groups excluding carboxylic acids is 2. The Labute approximate surface area is 146 Å². The van der Waals surface area contributed by atoms with Crippen molar-refractivity contribution >= 4 is 23.2 Å². The Hall–Kier alpha value is -3.02. The summed E-state index contributed by atoms with van der Waals surface area (Å²) in [6, 6.07) is 12.6. The van der Waals surface area contributed by atoms with Crippen LogP contribution in [0.5, 0.6) is 11.5 Å². The molecule has 1 unspecified atom stereocenters. The fraction of sp³-hybridized carbons (Fsp3) is 0.263. The maximum absolute atomic E-state index is 12.7. The topological polar surface area (TPSA) is 67.9 Å². The molecule has 130 valence electrons. The Morgan fingerprint density at radius 1 is 1.12 bits per heavy atom. The number of carbonyl (C=O) groups is 2. The summed E-state index contributed by atoms with van der Waals surface area (Å²) in [5.74, 6) is -0.294. The van der Waals surface area contributed by atoms with Crippen molar-refractivity contribution in [2.45, 2.75) is 19.4 Å². The first kappa shape index (κ1) is 16.8. The first-order valence-corrected chi connectivity index (χ1v) is 7.99. The summed E-state index contributed by atoms with van der Waals surface area (Å²) in [6.07, 6.45) is 0.734. The number of methoxy groups -OCH3 is 2. The summed E-state index contributed by atoms with van der Waals surface area (Å²) in [5, 5.41) is 2.63. The summed E-state index contributed by atoms with van der Waals surface area (Å²) in [4.78, 5) is 26.8. The fourth-order valence-corrected chi connectivity index (χ4v) is 3.07. The van der Waals surface area contributed by atoms with Crippen LogP contribution in [-0.2, 0) is 16.0 Å². The second-order valence-electron chi connectivity index (χ2n) is 5.88. The number of ether oxygens (including phenoxy) is 2. The van der Waals surface area contributed by atoms with E-state index in [1.165, 1.54) is 19.1 Å². The standard InChI is InChI=1S/C19H20N2O4/c1-12-10-13-6-4-5-7-16(13)21(12)19(23)18(22)20-15-11-14(24-2)8-9-17(15)25-3/h4-9,11-12H,10H2,1-3H3,(H,20,22). The number of hydrogen-bond acceptors (Lipinski definition) is 4. The van der Waals surface area contributed by atoms with Crippen LogP contribution in [0.15, 0.2) is 42.5 Å². The van der Waals surface area contributed by atoms with Crippen molar-refractivity contribution in [1.29, 1.82) is 0 Å². The molecule has 0 spiro atoms. The Kier molecular flexibility index (Phi) is 4.61. The van der Waals surface area contributed by atoms with E-state index in [4.69, 9.17) is 9.47 Å². The van der Waals surface area contributed by atoms with E-state index < -0.39 is 11.8 Å². The van der Waals surface area contributed by atoms with Gasteiger partial charge in [-0.3, -0.25) is 9.59 Å². The van der Waals surface area contributed by atoms with Crippen LogP contribution < -0.4 is 19.7 Å². The van der Waals surface area contributed by atoms with Gasteiger partial charge >= 0.3 is 11.8 Å². The molecule has 1 aliphatic heterocycles. The highest BCUT2D eigenvalue weighted by Gasteiger charge is 2.34. The molecule has 1 heterocycles. The average Bonchev–Trinajstić information content (AvgIpc) is 2.96. The van der Waals surface area contributed by atoms with Gasteiger partial charge in [0.1, 0.15) is 11.5 Å². The predicted molar refractivity (Wildman–Crippen MR) is 95.3 cm³/mol. The van der Waals surface area contributed by atoms with Crippen LogP contribution in [0.1, 0.15) is 12.5 Å². The summed E-state index contributed by atoms with van der Waals surface area (Å²) in [6.45, 7) is 1.93. The molecule has 2 aromatic carbocycles. The molecule has 0 bridgehead atoms. The smallest absolute Gasteiger partial charge is 0.316 e. The maximum atomic E-state index is 12.7. The van der Waals surface area contributed by atoms with Crippen LogP contribution >= 0.6 is 0 Å². The first-order chi connectivity index (χ1) is 12.0. The normalized spacial score (nSPS) is 15.5. The summed E-state index contributed by atoms with van der Waals surface area (Å²) < 4.78 is 10.4. The number of rotatable bonds is 3. The third-order valence-corrected chi connectivity index (χ3v) is 4.28. The van der Waals surface area contributed by atoms with Crippen molar-refractivity contribution in [3.05, 3.63) is 48.0 Å². The summed E-state index contributed by atoms with van der Waals surface area (Å²) in [5.41, 5.74) is 2.24. The molecule has 6 heteroatoms. The maximum Gasteiger partial charge on any atom is 0.316 e. The minimum atomic E-state index is -0.713. The third-order valence-electron chi connectivity index (χ3n) is 4.28. The highest BCUT2D eigenvalue weighted by molar-refractivity contribution is 6.44. The summed E-state index contributed by atoms with van der Waals surface area (Å²) in [7, 11) is 3.03. The fourth-order valence-electron chi connectivity index (χ4n) is 3.07. The van der Waals surface area contributed by atoms with Gasteiger partial charge in [0.25, 0.3) is 0 Å². The number of nitrogens with one attached hydrogen (secondary N) is 1. The molecule has 0 saturated heterocycles. The van der Waals surface area contributed by atoms with Gasteiger partial charge < -0.3 is 19.7 Å². The van der Waals surface area contributed by atoms with Gasteiger partial charge in [0, 0.05) is 17.8 Å². The van der Waals surface area contributed by atoms with Gasteiger partial charge in [0.05, 0.1) is 19.9 Å². The van der Waals surface area contributed by atoms with Crippen LogP contribution in [0.2, 0.25) is 0 Å². The molecule has 0 fully saturated rings. The van der Waals surface area contributed by atoms with Crippen molar-refractivity contribution < 1.29 is 19.1 Å². The second-order valence-corrected chi connectivity index (χ2v) is 5.88. The van der Waals surface area contributed by atoms with Gasteiger partial charge in [-0.25, -0.2) is 0 Å². The van der Waals surface area contributed by atoms with Crippen LogP contribution in [0.4, 0.5) is 11.4 Å². The Morgan fingerprint density at radius 3 is 2.60 bits per heavy atom. The first-order valence-electron chi connectivity index (χ1n) is 7.99. The van der Waals surface area contributed by atoms with E-state index in [1.807, 2.05) is 31.2 Å². The monoisotopic (exact) mass is 340 g/mol. The van der Waals surface area contributed by atoms with E-state index >= 15 is 0 Å². The number of amides is 2. The molecule has 6 nitrogen and oxygen atoms in total. The quantitative estimate of drug-likeness (QED) is 0.872. The second kappa shape index (κ2) is 6.84. The van der Waals surface area contributed by atoms with E-state index in [0.29, 0.717) is 17.2 Å². The number of nitrogens with zero attached hydrogens (tertiary/aromatic N) is 1. The lowest BCUT2D eigenvalue weighted by Crippen LogP contribution is -2.43. The number of fused-ring (bicyclic) bond motifs is 1. The van der Waals surface area contributed by atoms with Crippen molar-refractivity contribution in [2.75, 3.05) is 24.4 Å². The van der Waals surface area contributed by atoms with Crippen LogP contribution in [0, 0.1) is 0 Å². The molecule has 0 aliphatic carbocycles. The molecule has 0 radical (unpaired) electrons. The zero-order valence-corrected chi connectivity index (χ0v) is 14.4. The molecule has 2 aromatic rings. The molecule has 1 atom stereocenters. The van der Waals surface area contributed by atoms with Gasteiger partial charge in [-0.2, -0.15) is 0 Å². The molecular weight excluding hydrogens is 320 g/mol. The predicted octanol–water partition coefficient (Wildman–Crippen LogP) is 2.62. The van der Waals surface area contributed by atoms with E-state index in [-0.39, 0.29) is 6.04 Å². The SMILES string of the molecule is COc1ccc(OC)c(NC(=O)C(=O)N2c3ccccc3CC2C)c1. The molecule has 0 saturated carbocycles. The molecular formula is C19H20N2O4. The summed E-state index contributed by atoms with van der Waals surface area (Å²) >= 11 is 0. The van der Waals surface area contributed by atoms with Gasteiger partial charge in [0.2, 0.25) is 0 Å². The zero-order valence-electron chi connectivity index (χ0n) is 14.4. The largest absolute Gasteiger partial charge is 0.497 e.